The van der Waals surface area contributed by atoms with Crippen LogP contribution < -0.4 is 5.32 Å². The highest BCUT2D eigenvalue weighted by molar-refractivity contribution is 8.18. The van der Waals surface area contributed by atoms with Crippen molar-refractivity contribution in [3.05, 3.63) is 57.1 Å². The van der Waals surface area contributed by atoms with E-state index in [2.05, 4.69) is 5.32 Å². The standard InChI is InChI=1S/C17H11F3N2O3S2/c18-17(19,20)10-3-5-11(6-4-10)21-14(23)9-22-15(24)13(27-16(22)25)8-12-2-1-7-26-12/h1-8H,9H2,(H,21,23)/b13-8-. The number of nitrogens with one attached hydrogen (secondary N) is 1. The largest absolute Gasteiger partial charge is 0.416 e. The van der Waals surface area contributed by atoms with Crippen molar-refractivity contribution in [1.82, 2.24) is 4.90 Å². The molecule has 5 nitrogen and oxygen atoms in total. The first-order valence-corrected chi connectivity index (χ1v) is 9.19. The van der Waals surface area contributed by atoms with E-state index in [4.69, 9.17) is 0 Å². The molecule has 0 bridgehead atoms. The summed E-state index contributed by atoms with van der Waals surface area (Å²) in [6.07, 6.45) is -2.90. The Bertz CT molecular complexity index is 907. The summed E-state index contributed by atoms with van der Waals surface area (Å²) in [5, 5.41) is 3.62. The van der Waals surface area contributed by atoms with Crippen molar-refractivity contribution in [1.29, 1.82) is 0 Å². The summed E-state index contributed by atoms with van der Waals surface area (Å²) in [6, 6.07) is 7.46. The first-order valence-electron chi connectivity index (χ1n) is 7.50. The molecule has 3 rings (SSSR count). The molecule has 0 aliphatic carbocycles. The van der Waals surface area contributed by atoms with E-state index in [1.54, 1.807) is 18.2 Å². The molecule has 10 heteroatoms. The zero-order valence-corrected chi connectivity index (χ0v) is 15.1. The van der Waals surface area contributed by atoms with Gasteiger partial charge in [-0.25, -0.2) is 0 Å². The molecule has 0 saturated carbocycles. The van der Waals surface area contributed by atoms with Crippen LogP contribution in [0.2, 0.25) is 0 Å². The maximum atomic E-state index is 12.5. The first kappa shape index (κ1) is 19.2. The Morgan fingerprint density at radius 2 is 1.85 bits per heavy atom. The molecule has 2 heterocycles. The fraction of sp³-hybridized carbons (Fsp3) is 0.118. The molecule has 1 aliphatic rings. The lowest BCUT2D eigenvalue weighted by Crippen LogP contribution is -2.36. The molecule has 2 aromatic rings. The van der Waals surface area contributed by atoms with Crippen molar-refractivity contribution in [2.45, 2.75) is 6.18 Å². The molecule has 1 N–H and O–H groups in total. The third-order valence-electron chi connectivity index (χ3n) is 3.49. The highest BCUT2D eigenvalue weighted by Gasteiger charge is 2.36. The Hall–Kier alpha value is -2.59. The summed E-state index contributed by atoms with van der Waals surface area (Å²) in [4.78, 5) is 38.2. The van der Waals surface area contributed by atoms with Gasteiger partial charge >= 0.3 is 6.18 Å². The number of anilines is 1. The van der Waals surface area contributed by atoms with Crippen LogP contribution in [0.1, 0.15) is 10.4 Å². The molecule has 1 aliphatic heterocycles. The molecular formula is C17H11F3N2O3S2. The van der Waals surface area contributed by atoms with Gasteiger partial charge in [-0.15, -0.1) is 11.3 Å². The average Bonchev–Trinajstić information content (AvgIpc) is 3.19. The highest BCUT2D eigenvalue weighted by Crippen LogP contribution is 2.33. The number of carbonyl (C=O) groups excluding carboxylic acids is 3. The smallest absolute Gasteiger partial charge is 0.325 e. The summed E-state index contributed by atoms with van der Waals surface area (Å²) in [5.74, 6) is -1.27. The minimum Gasteiger partial charge on any atom is -0.325 e. The zero-order valence-electron chi connectivity index (χ0n) is 13.4. The molecule has 3 amide bonds. The van der Waals surface area contributed by atoms with E-state index in [0.29, 0.717) is 0 Å². The van der Waals surface area contributed by atoms with Gasteiger partial charge in [0.1, 0.15) is 6.54 Å². The van der Waals surface area contributed by atoms with Crippen molar-refractivity contribution in [3.8, 4) is 0 Å². The molecule has 1 aromatic carbocycles. The third-order valence-corrected chi connectivity index (χ3v) is 5.21. The number of benzene rings is 1. The minimum absolute atomic E-state index is 0.133. The summed E-state index contributed by atoms with van der Waals surface area (Å²) in [7, 11) is 0. The van der Waals surface area contributed by atoms with Crippen molar-refractivity contribution < 1.29 is 27.6 Å². The summed E-state index contributed by atoms with van der Waals surface area (Å²) >= 11 is 2.13. The van der Waals surface area contributed by atoms with Gasteiger partial charge in [-0.2, -0.15) is 13.2 Å². The van der Waals surface area contributed by atoms with Crippen LogP contribution >= 0.6 is 23.1 Å². The monoisotopic (exact) mass is 412 g/mol. The lowest BCUT2D eigenvalue weighted by molar-refractivity contribution is -0.137. The fourth-order valence-corrected chi connectivity index (χ4v) is 3.79. The number of nitrogens with zero attached hydrogens (tertiary/aromatic N) is 1. The van der Waals surface area contributed by atoms with Gasteiger partial charge in [-0.3, -0.25) is 19.3 Å². The Kier molecular flexibility index (Phi) is 5.38. The number of thiophene rings is 1. The topological polar surface area (TPSA) is 66.5 Å². The average molecular weight is 412 g/mol. The Morgan fingerprint density at radius 3 is 2.44 bits per heavy atom. The molecule has 27 heavy (non-hydrogen) atoms. The van der Waals surface area contributed by atoms with Crippen LogP contribution in [0, 0.1) is 0 Å². The summed E-state index contributed by atoms with van der Waals surface area (Å²) in [6.45, 7) is -0.520. The molecule has 1 saturated heterocycles. The van der Waals surface area contributed by atoms with E-state index < -0.39 is 35.3 Å². The molecule has 1 aromatic heterocycles. The number of alkyl halides is 3. The molecular weight excluding hydrogens is 401 g/mol. The predicted octanol–water partition coefficient (Wildman–Crippen LogP) is 4.44. The normalized spacial score (nSPS) is 16.3. The van der Waals surface area contributed by atoms with Crippen LogP contribution in [0.3, 0.4) is 0 Å². The Morgan fingerprint density at radius 1 is 1.15 bits per heavy atom. The number of hydrogen-bond donors (Lipinski definition) is 1. The summed E-state index contributed by atoms with van der Waals surface area (Å²) in [5.41, 5.74) is -0.709. The van der Waals surface area contributed by atoms with Gasteiger partial charge in [0.05, 0.1) is 10.5 Å². The van der Waals surface area contributed by atoms with Gasteiger partial charge in [0.2, 0.25) is 5.91 Å². The minimum atomic E-state index is -4.47. The van der Waals surface area contributed by atoms with Gasteiger partial charge < -0.3 is 5.32 Å². The van der Waals surface area contributed by atoms with E-state index in [0.717, 1.165) is 45.8 Å². The Labute approximate surface area is 159 Å². The first-order chi connectivity index (χ1) is 12.7. The third kappa shape index (κ3) is 4.58. The maximum absolute atomic E-state index is 12.5. The fourth-order valence-electron chi connectivity index (χ4n) is 2.23. The van der Waals surface area contributed by atoms with Crippen molar-refractivity contribution >= 4 is 51.9 Å². The molecule has 0 unspecified atom stereocenters. The van der Waals surface area contributed by atoms with E-state index in [9.17, 15) is 27.6 Å². The predicted molar refractivity (Wildman–Crippen MR) is 97.1 cm³/mol. The molecule has 0 radical (unpaired) electrons. The van der Waals surface area contributed by atoms with E-state index >= 15 is 0 Å². The molecule has 1 fully saturated rings. The second-order valence-corrected chi connectivity index (χ2v) is 7.38. The van der Waals surface area contributed by atoms with Crippen molar-refractivity contribution in [2.24, 2.45) is 0 Å². The van der Waals surface area contributed by atoms with Crippen LogP contribution in [-0.4, -0.2) is 28.5 Å². The van der Waals surface area contributed by atoms with Gasteiger partial charge in [0.25, 0.3) is 11.1 Å². The van der Waals surface area contributed by atoms with E-state index in [1.807, 2.05) is 5.38 Å². The lowest BCUT2D eigenvalue weighted by atomic mass is 10.2. The molecule has 0 spiro atoms. The quantitative estimate of drug-likeness (QED) is 0.754. The lowest BCUT2D eigenvalue weighted by Gasteiger charge is -2.13. The van der Waals surface area contributed by atoms with Crippen LogP contribution in [0.25, 0.3) is 6.08 Å². The van der Waals surface area contributed by atoms with E-state index in [-0.39, 0.29) is 10.6 Å². The highest BCUT2D eigenvalue weighted by atomic mass is 32.2. The number of halogens is 3. The van der Waals surface area contributed by atoms with Gasteiger partial charge in [0.15, 0.2) is 0 Å². The van der Waals surface area contributed by atoms with Crippen molar-refractivity contribution in [2.75, 3.05) is 11.9 Å². The van der Waals surface area contributed by atoms with Crippen LogP contribution in [0.4, 0.5) is 23.7 Å². The zero-order chi connectivity index (χ0) is 19.6. The molecule has 140 valence electrons. The van der Waals surface area contributed by atoms with Crippen molar-refractivity contribution in [3.63, 3.8) is 0 Å². The summed E-state index contributed by atoms with van der Waals surface area (Å²) < 4.78 is 37.6. The van der Waals surface area contributed by atoms with Gasteiger partial charge in [0, 0.05) is 10.6 Å². The number of hydrogen-bond acceptors (Lipinski definition) is 5. The number of carbonyl (C=O) groups is 3. The number of rotatable bonds is 4. The van der Waals surface area contributed by atoms with Crippen LogP contribution in [0.5, 0.6) is 0 Å². The SMILES string of the molecule is O=C(CN1C(=O)S/C(=C\c2cccs2)C1=O)Nc1ccc(C(F)(F)F)cc1. The van der Waals surface area contributed by atoms with Crippen LogP contribution in [0.15, 0.2) is 46.7 Å². The maximum Gasteiger partial charge on any atom is 0.416 e. The number of imide groups is 1. The Balaban J connectivity index is 1.64. The number of amides is 3. The van der Waals surface area contributed by atoms with Gasteiger partial charge in [-0.05, 0) is 53.5 Å². The number of thioether (sulfide) groups is 1. The van der Waals surface area contributed by atoms with Crippen LogP contribution in [-0.2, 0) is 15.8 Å². The second kappa shape index (κ2) is 7.57. The van der Waals surface area contributed by atoms with Gasteiger partial charge in [-0.1, -0.05) is 6.07 Å². The molecule has 0 atom stereocenters. The second-order valence-electron chi connectivity index (χ2n) is 5.41. The van der Waals surface area contributed by atoms with E-state index in [1.165, 1.54) is 11.3 Å².